The fourth-order valence-corrected chi connectivity index (χ4v) is 1.96. The van der Waals surface area contributed by atoms with Gasteiger partial charge in [-0.3, -0.25) is 15.4 Å². The van der Waals surface area contributed by atoms with Crippen LogP contribution in [0.2, 0.25) is 0 Å². The smallest absolute Gasteiger partial charge is 0.233 e. The Morgan fingerprint density at radius 1 is 1.33 bits per heavy atom. The lowest BCUT2D eigenvalue weighted by Crippen LogP contribution is -2.07. The fraction of sp³-hybridized carbons (Fsp3) is 0.154. The maximum Gasteiger partial charge on any atom is 0.233 e. The molecule has 0 fully saturated rings. The number of ether oxygens (including phenoxy) is 1. The van der Waals surface area contributed by atoms with Crippen molar-refractivity contribution in [2.45, 2.75) is 6.92 Å². The summed E-state index contributed by atoms with van der Waals surface area (Å²) in [5.41, 5.74) is 1.87. The van der Waals surface area contributed by atoms with E-state index in [0.29, 0.717) is 23.5 Å². The highest BCUT2D eigenvalue weighted by atomic mass is 16.5. The third-order valence-electron chi connectivity index (χ3n) is 2.69. The lowest BCUT2D eigenvalue weighted by Gasteiger charge is -2.04. The average Bonchev–Trinajstić information content (AvgIpc) is 2.77. The number of aromatic nitrogens is 2. The monoisotopic (exact) mass is 241 g/mol. The van der Waals surface area contributed by atoms with Gasteiger partial charge >= 0.3 is 0 Å². The van der Waals surface area contributed by atoms with Crippen molar-refractivity contribution in [2.24, 2.45) is 0 Å². The van der Waals surface area contributed by atoms with Crippen LogP contribution in [0.5, 0.6) is 0 Å². The van der Waals surface area contributed by atoms with Gasteiger partial charge in [-0.2, -0.15) is 0 Å². The first-order valence-electron chi connectivity index (χ1n) is 5.64. The summed E-state index contributed by atoms with van der Waals surface area (Å²) in [5, 5.41) is 9.58. The Bertz CT molecular complexity index is 733. The van der Waals surface area contributed by atoms with Gasteiger partial charge in [0.1, 0.15) is 11.3 Å². The normalized spacial score (nSPS) is 10.9. The third-order valence-corrected chi connectivity index (χ3v) is 2.69. The Morgan fingerprint density at radius 3 is 3.06 bits per heavy atom. The van der Waals surface area contributed by atoms with Crippen molar-refractivity contribution < 1.29 is 9.15 Å². The molecule has 3 heterocycles. The fourth-order valence-electron chi connectivity index (χ4n) is 1.96. The van der Waals surface area contributed by atoms with Gasteiger partial charge in [0.2, 0.25) is 5.90 Å². The van der Waals surface area contributed by atoms with Crippen molar-refractivity contribution in [1.29, 1.82) is 5.41 Å². The van der Waals surface area contributed by atoms with Gasteiger partial charge in [0.15, 0.2) is 5.58 Å². The Balaban J connectivity index is 2.35. The second kappa shape index (κ2) is 4.10. The van der Waals surface area contributed by atoms with Crippen molar-refractivity contribution in [2.75, 3.05) is 6.61 Å². The molecule has 0 radical (unpaired) electrons. The molecule has 3 aromatic rings. The maximum atomic E-state index is 7.88. The number of nitrogens with zero attached hydrogens (tertiary/aromatic N) is 2. The lowest BCUT2D eigenvalue weighted by atomic mass is 10.1. The third kappa shape index (κ3) is 1.52. The number of fused-ring (bicyclic) bond motifs is 3. The van der Waals surface area contributed by atoms with E-state index in [9.17, 15) is 0 Å². The first kappa shape index (κ1) is 10.7. The number of nitrogens with one attached hydrogen (secondary N) is 1. The van der Waals surface area contributed by atoms with E-state index in [-0.39, 0.29) is 5.90 Å². The first-order chi connectivity index (χ1) is 8.81. The topological polar surface area (TPSA) is 72.0 Å². The van der Waals surface area contributed by atoms with E-state index in [2.05, 4.69) is 9.97 Å². The van der Waals surface area contributed by atoms with Crippen molar-refractivity contribution in [3.8, 4) is 0 Å². The molecule has 1 N–H and O–H groups in total. The molecule has 5 nitrogen and oxygen atoms in total. The van der Waals surface area contributed by atoms with Gasteiger partial charge in [-0.25, -0.2) is 0 Å². The van der Waals surface area contributed by atoms with Crippen LogP contribution in [0.1, 0.15) is 12.6 Å². The predicted octanol–water partition coefficient (Wildman–Crippen LogP) is 2.74. The van der Waals surface area contributed by atoms with Gasteiger partial charge in [0, 0.05) is 17.8 Å². The second-order valence-corrected chi connectivity index (χ2v) is 3.77. The van der Waals surface area contributed by atoms with Crippen LogP contribution in [0, 0.1) is 5.41 Å². The quantitative estimate of drug-likeness (QED) is 0.553. The van der Waals surface area contributed by atoms with Gasteiger partial charge < -0.3 is 9.15 Å². The van der Waals surface area contributed by atoms with Crippen molar-refractivity contribution in [3.05, 3.63) is 36.4 Å². The van der Waals surface area contributed by atoms with Crippen molar-refractivity contribution in [3.63, 3.8) is 0 Å². The number of hydrogen-bond donors (Lipinski definition) is 1. The van der Waals surface area contributed by atoms with Crippen LogP contribution in [-0.4, -0.2) is 22.5 Å². The summed E-state index contributed by atoms with van der Waals surface area (Å²) in [6, 6.07) is 3.63. The molecule has 3 rings (SSSR count). The molecule has 5 heteroatoms. The molecule has 0 aliphatic heterocycles. The second-order valence-electron chi connectivity index (χ2n) is 3.77. The SMILES string of the molecule is CCOC(=N)c1nccc2oc3cnccc3c12. The summed E-state index contributed by atoms with van der Waals surface area (Å²) in [7, 11) is 0. The minimum atomic E-state index is 0.0580. The minimum absolute atomic E-state index is 0.0580. The molecule has 0 saturated heterocycles. The van der Waals surface area contributed by atoms with Crippen LogP contribution >= 0.6 is 0 Å². The van der Waals surface area contributed by atoms with Crippen molar-refractivity contribution >= 4 is 27.8 Å². The molecule has 18 heavy (non-hydrogen) atoms. The van der Waals surface area contributed by atoms with Crippen LogP contribution in [0.15, 0.2) is 35.1 Å². The molecule has 3 aromatic heterocycles. The average molecular weight is 241 g/mol. The van der Waals surface area contributed by atoms with Crippen LogP contribution in [-0.2, 0) is 4.74 Å². The molecular formula is C13H11N3O2. The molecule has 0 atom stereocenters. The van der Waals surface area contributed by atoms with Crippen LogP contribution in [0.3, 0.4) is 0 Å². The molecular weight excluding hydrogens is 230 g/mol. The standard InChI is InChI=1S/C13H11N3O2/c1-2-17-13(14)12-11-8-3-5-15-7-10(8)18-9(11)4-6-16-12/h3-7,14H,2H2,1H3. The Kier molecular flexibility index (Phi) is 2.44. The van der Waals surface area contributed by atoms with Gasteiger partial charge in [-0.1, -0.05) is 0 Å². The number of hydrogen-bond acceptors (Lipinski definition) is 5. The largest absolute Gasteiger partial charge is 0.477 e. The molecule has 0 spiro atoms. The summed E-state index contributed by atoms with van der Waals surface area (Å²) in [4.78, 5) is 8.24. The highest BCUT2D eigenvalue weighted by Crippen LogP contribution is 2.29. The first-order valence-corrected chi connectivity index (χ1v) is 5.64. The molecule has 0 bridgehead atoms. The van der Waals surface area contributed by atoms with Crippen LogP contribution in [0.4, 0.5) is 0 Å². The molecule has 0 unspecified atom stereocenters. The minimum Gasteiger partial charge on any atom is -0.477 e. The van der Waals surface area contributed by atoms with Gasteiger partial charge in [0.05, 0.1) is 18.2 Å². The van der Waals surface area contributed by atoms with E-state index in [1.54, 1.807) is 24.7 Å². The van der Waals surface area contributed by atoms with Gasteiger partial charge in [-0.05, 0) is 19.1 Å². The van der Waals surface area contributed by atoms with E-state index < -0.39 is 0 Å². The van der Waals surface area contributed by atoms with E-state index in [4.69, 9.17) is 14.6 Å². The van der Waals surface area contributed by atoms with Crippen molar-refractivity contribution in [1.82, 2.24) is 9.97 Å². The summed E-state index contributed by atoms with van der Waals surface area (Å²) < 4.78 is 10.9. The molecule has 0 saturated carbocycles. The summed E-state index contributed by atoms with van der Waals surface area (Å²) in [5.74, 6) is 0.0580. The number of rotatable bonds is 2. The summed E-state index contributed by atoms with van der Waals surface area (Å²) >= 11 is 0. The maximum absolute atomic E-state index is 7.88. The molecule has 0 aliphatic carbocycles. The van der Waals surface area contributed by atoms with Crippen LogP contribution < -0.4 is 0 Å². The number of pyridine rings is 2. The summed E-state index contributed by atoms with van der Waals surface area (Å²) in [6.45, 7) is 2.28. The van der Waals surface area contributed by atoms with E-state index in [1.807, 2.05) is 13.0 Å². The summed E-state index contributed by atoms with van der Waals surface area (Å²) in [6.07, 6.45) is 4.96. The van der Waals surface area contributed by atoms with E-state index in [1.165, 1.54) is 0 Å². The van der Waals surface area contributed by atoms with Gasteiger partial charge in [0.25, 0.3) is 0 Å². The zero-order valence-corrected chi connectivity index (χ0v) is 9.80. The lowest BCUT2D eigenvalue weighted by molar-refractivity contribution is 0.325. The predicted molar refractivity (Wildman–Crippen MR) is 67.8 cm³/mol. The zero-order valence-electron chi connectivity index (χ0n) is 9.80. The molecule has 0 aliphatic rings. The molecule has 0 amide bonds. The molecule has 90 valence electrons. The van der Waals surface area contributed by atoms with E-state index in [0.717, 1.165) is 10.8 Å². The van der Waals surface area contributed by atoms with E-state index >= 15 is 0 Å². The Labute approximate surface area is 103 Å². The number of furan rings is 1. The highest BCUT2D eigenvalue weighted by molar-refractivity contribution is 6.14. The van der Waals surface area contributed by atoms with Gasteiger partial charge in [-0.15, -0.1) is 0 Å². The Hall–Kier alpha value is -2.43. The Morgan fingerprint density at radius 2 is 2.22 bits per heavy atom. The zero-order chi connectivity index (χ0) is 12.5. The highest BCUT2D eigenvalue weighted by Gasteiger charge is 2.15. The molecule has 0 aromatic carbocycles. The van der Waals surface area contributed by atoms with Crippen LogP contribution in [0.25, 0.3) is 21.9 Å².